The molecule has 0 atom stereocenters. The summed E-state index contributed by atoms with van der Waals surface area (Å²) in [5, 5.41) is 2.40. The maximum absolute atomic E-state index is 11.2. The molecule has 1 rings (SSSR count). The third kappa shape index (κ3) is 6.13. The summed E-state index contributed by atoms with van der Waals surface area (Å²) in [6.45, 7) is 0.270. The van der Waals surface area contributed by atoms with Gasteiger partial charge in [0, 0.05) is 5.69 Å². The van der Waals surface area contributed by atoms with Crippen LogP contribution in [0.3, 0.4) is 0 Å². The van der Waals surface area contributed by atoms with Crippen LogP contribution in [0, 0.1) is 0 Å². The Kier molecular flexibility index (Phi) is 5.96. The molecule has 0 bridgehead atoms. The van der Waals surface area contributed by atoms with Gasteiger partial charge in [-0.1, -0.05) is 12.1 Å². The second kappa shape index (κ2) is 7.77. The fourth-order valence-electron chi connectivity index (χ4n) is 1.20. The largest absolute Gasteiger partial charge is 0.448 e. The molecular formula is C11H16N4O4. The minimum absolute atomic E-state index is 0.00129. The molecule has 0 aliphatic rings. The van der Waals surface area contributed by atoms with Gasteiger partial charge < -0.3 is 25.9 Å². The van der Waals surface area contributed by atoms with Gasteiger partial charge in [0.1, 0.15) is 13.2 Å². The van der Waals surface area contributed by atoms with Crippen LogP contribution in [0.1, 0.15) is 5.56 Å². The Morgan fingerprint density at radius 1 is 1.16 bits per heavy atom. The number of hydrogen-bond donors (Lipinski definition) is 4. The Balaban J connectivity index is 2.20. The summed E-state index contributed by atoms with van der Waals surface area (Å²) in [6.07, 6.45) is -1.49. The zero-order valence-corrected chi connectivity index (χ0v) is 10.2. The van der Waals surface area contributed by atoms with E-state index >= 15 is 0 Å². The summed E-state index contributed by atoms with van der Waals surface area (Å²) < 4.78 is 9.37. The minimum Gasteiger partial charge on any atom is -0.448 e. The quantitative estimate of drug-likeness (QED) is 0.333. The number of nitrogen functional groups attached to an aromatic ring is 1. The number of primary amides is 1. The highest BCUT2D eigenvalue weighted by Crippen LogP contribution is 2.08. The van der Waals surface area contributed by atoms with Crippen LogP contribution in [-0.2, 0) is 16.1 Å². The van der Waals surface area contributed by atoms with E-state index < -0.39 is 12.2 Å². The lowest BCUT2D eigenvalue weighted by atomic mass is 10.2. The number of carbonyl (C=O) groups excluding carboxylic acids is 2. The summed E-state index contributed by atoms with van der Waals surface area (Å²) in [4.78, 5) is 21.5. The number of hydrazine groups is 1. The molecule has 8 nitrogen and oxygen atoms in total. The number of nitrogens with one attached hydrogen (secondary N) is 2. The van der Waals surface area contributed by atoms with Crippen molar-refractivity contribution in [3.8, 4) is 0 Å². The Morgan fingerprint density at radius 3 is 2.42 bits per heavy atom. The monoisotopic (exact) mass is 268 g/mol. The van der Waals surface area contributed by atoms with E-state index in [2.05, 4.69) is 15.5 Å². The van der Waals surface area contributed by atoms with E-state index in [0.717, 1.165) is 11.3 Å². The molecule has 104 valence electrons. The van der Waals surface area contributed by atoms with Crippen molar-refractivity contribution in [1.82, 2.24) is 5.32 Å². The topological polar surface area (TPSA) is 129 Å². The molecule has 2 amide bonds. The summed E-state index contributed by atoms with van der Waals surface area (Å²) in [7, 11) is 0. The molecular weight excluding hydrogens is 252 g/mol. The highest BCUT2D eigenvalue weighted by molar-refractivity contribution is 5.67. The number of amides is 2. The Labute approximate surface area is 110 Å². The van der Waals surface area contributed by atoms with Gasteiger partial charge >= 0.3 is 12.2 Å². The van der Waals surface area contributed by atoms with Gasteiger partial charge in [0.25, 0.3) is 0 Å². The van der Waals surface area contributed by atoms with E-state index in [1.807, 2.05) is 0 Å². The highest BCUT2D eigenvalue weighted by atomic mass is 16.6. The van der Waals surface area contributed by atoms with Crippen molar-refractivity contribution in [2.45, 2.75) is 6.61 Å². The standard InChI is InChI=1S/C11H16N4O4/c12-10(16)18-6-5-14-11(17)19-7-8-1-3-9(15-13)4-2-8/h1-4,15H,5-7,13H2,(H2,12,16)(H,14,17). The molecule has 0 radical (unpaired) electrons. The van der Waals surface area contributed by atoms with Gasteiger partial charge in [-0.2, -0.15) is 0 Å². The molecule has 0 aromatic heterocycles. The van der Waals surface area contributed by atoms with Crippen molar-refractivity contribution in [3.05, 3.63) is 29.8 Å². The highest BCUT2D eigenvalue weighted by Gasteiger charge is 2.02. The average molecular weight is 268 g/mol. The maximum Gasteiger partial charge on any atom is 0.407 e. The molecule has 0 aliphatic carbocycles. The smallest absolute Gasteiger partial charge is 0.407 e. The first-order valence-corrected chi connectivity index (χ1v) is 5.50. The normalized spacial score (nSPS) is 9.53. The Morgan fingerprint density at radius 2 is 1.84 bits per heavy atom. The number of rotatable bonds is 6. The van der Waals surface area contributed by atoms with E-state index in [4.69, 9.17) is 16.3 Å². The number of ether oxygens (including phenoxy) is 2. The molecule has 0 heterocycles. The Bertz CT molecular complexity index is 421. The lowest BCUT2D eigenvalue weighted by Gasteiger charge is -2.07. The van der Waals surface area contributed by atoms with Crippen LogP contribution in [0.4, 0.5) is 15.3 Å². The average Bonchev–Trinajstić information content (AvgIpc) is 2.41. The molecule has 1 aromatic rings. The van der Waals surface area contributed by atoms with Gasteiger partial charge in [0.15, 0.2) is 0 Å². The molecule has 0 saturated carbocycles. The van der Waals surface area contributed by atoms with Crippen LogP contribution in [0.5, 0.6) is 0 Å². The van der Waals surface area contributed by atoms with E-state index in [1.54, 1.807) is 24.3 Å². The summed E-state index contributed by atoms with van der Waals surface area (Å²) >= 11 is 0. The third-order valence-corrected chi connectivity index (χ3v) is 2.11. The molecule has 1 aromatic carbocycles. The van der Waals surface area contributed by atoms with E-state index in [0.29, 0.717) is 0 Å². The number of benzene rings is 1. The van der Waals surface area contributed by atoms with Crippen molar-refractivity contribution < 1.29 is 19.1 Å². The van der Waals surface area contributed by atoms with Crippen LogP contribution < -0.4 is 22.3 Å². The molecule has 8 heteroatoms. The van der Waals surface area contributed by atoms with E-state index in [-0.39, 0.29) is 19.8 Å². The van der Waals surface area contributed by atoms with Crippen molar-refractivity contribution in [2.24, 2.45) is 11.6 Å². The maximum atomic E-state index is 11.2. The van der Waals surface area contributed by atoms with Gasteiger partial charge in [0.05, 0.1) is 6.54 Å². The zero-order valence-electron chi connectivity index (χ0n) is 10.2. The molecule has 0 unspecified atom stereocenters. The van der Waals surface area contributed by atoms with E-state index in [1.165, 1.54) is 0 Å². The summed E-state index contributed by atoms with van der Waals surface area (Å²) in [5.41, 5.74) is 8.82. The SMILES string of the molecule is NNc1ccc(COC(=O)NCCOC(N)=O)cc1. The Hall–Kier alpha value is -2.48. The number of anilines is 1. The fraction of sp³-hybridized carbons (Fsp3) is 0.273. The van der Waals surface area contributed by atoms with Gasteiger partial charge in [-0.25, -0.2) is 9.59 Å². The minimum atomic E-state index is -0.885. The zero-order chi connectivity index (χ0) is 14.1. The summed E-state index contributed by atoms with van der Waals surface area (Å²) in [5.74, 6) is 5.22. The van der Waals surface area contributed by atoms with Crippen molar-refractivity contribution in [2.75, 3.05) is 18.6 Å². The van der Waals surface area contributed by atoms with Crippen LogP contribution in [0.2, 0.25) is 0 Å². The molecule has 0 fully saturated rings. The van der Waals surface area contributed by atoms with E-state index in [9.17, 15) is 9.59 Å². The number of hydrogen-bond acceptors (Lipinski definition) is 6. The molecule has 0 saturated heterocycles. The first-order valence-electron chi connectivity index (χ1n) is 5.50. The fourth-order valence-corrected chi connectivity index (χ4v) is 1.20. The van der Waals surface area contributed by atoms with Crippen molar-refractivity contribution in [3.63, 3.8) is 0 Å². The number of nitrogens with two attached hydrogens (primary N) is 2. The first-order chi connectivity index (χ1) is 9.11. The lowest BCUT2D eigenvalue weighted by Crippen LogP contribution is -2.29. The van der Waals surface area contributed by atoms with Crippen LogP contribution in [0.15, 0.2) is 24.3 Å². The second-order valence-corrected chi connectivity index (χ2v) is 3.51. The van der Waals surface area contributed by atoms with Gasteiger partial charge in [-0.15, -0.1) is 0 Å². The molecule has 0 spiro atoms. The van der Waals surface area contributed by atoms with Gasteiger partial charge in [-0.05, 0) is 17.7 Å². The molecule has 19 heavy (non-hydrogen) atoms. The molecule has 0 aliphatic heterocycles. The van der Waals surface area contributed by atoms with Crippen molar-refractivity contribution >= 4 is 17.9 Å². The number of carbonyl (C=O) groups is 2. The first kappa shape index (κ1) is 14.6. The van der Waals surface area contributed by atoms with Crippen LogP contribution >= 0.6 is 0 Å². The van der Waals surface area contributed by atoms with Crippen LogP contribution in [0.25, 0.3) is 0 Å². The number of alkyl carbamates (subject to hydrolysis) is 1. The second-order valence-electron chi connectivity index (χ2n) is 3.51. The van der Waals surface area contributed by atoms with Gasteiger partial charge in [-0.3, -0.25) is 5.84 Å². The third-order valence-electron chi connectivity index (χ3n) is 2.11. The summed E-state index contributed by atoms with van der Waals surface area (Å²) in [6, 6.07) is 7.08. The van der Waals surface area contributed by atoms with Crippen LogP contribution in [-0.4, -0.2) is 25.3 Å². The lowest BCUT2D eigenvalue weighted by molar-refractivity contribution is 0.131. The van der Waals surface area contributed by atoms with Gasteiger partial charge in [0.2, 0.25) is 0 Å². The van der Waals surface area contributed by atoms with Crippen molar-refractivity contribution in [1.29, 1.82) is 0 Å². The molecule has 6 N–H and O–H groups in total. The predicted octanol–water partition coefficient (Wildman–Crippen LogP) is 0.294. The predicted molar refractivity (Wildman–Crippen MR) is 68.0 cm³/mol.